The number of nitrogens with one attached hydrogen (secondary N) is 1. The van der Waals surface area contributed by atoms with Crippen molar-refractivity contribution in [2.24, 2.45) is 5.73 Å². The number of halogens is 1. The van der Waals surface area contributed by atoms with E-state index < -0.39 is 5.91 Å². The van der Waals surface area contributed by atoms with Gasteiger partial charge in [0.15, 0.2) is 0 Å². The van der Waals surface area contributed by atoms with Gasteiger partial charge in [-0.05, 0) is 31.0 Å². The highest BCUT2D eigenvalue weighted by atomic mass is 35.5. The number of nitrogens with zero attached hydrogens (tertiary/aromatic N) is 1. The van der Waals surface area contributed by atoms with Gasteiger partial charge in [-0.15, -0.1) is 0 Å². The highest BCUT2D eigenvalue weighted by Crippen LogP contribution is 2.22. The summed E-state index contributed by atoms with van der Waals surface area (Å²) in [6, 6.07) is 5.44. The number of anilines is 1. The molecule has 1 fully saturated rings. The lowest BCUT2D eigenvalue weighted by atomic mass is 10.0. The minimum absolute atomic E-state index is 0.117. The van der Waals surface area contributed by atoms with E-state index in [1.165, 1.54) is 0 Å². The molecule has 0 aliphatic carbocycles. The van der Waals surface area contributed by atoms with Crippen molar-refractivity contribution in [3.05, 3.63) is 28.8 Å². The molecule has 1 aromatic carbocycles. The lowest BCUT2D eigenvalue weighted by Crippen LogP contribution is -2.41. The monoisotopic (exact) mass is 295 g/mol. The number of hydrogen-bond acceptors (Lipinski definition) is 3. The predicted molar refractivity (Wildman–Crippen MR) is 78.9 cm³/mol. The zero-order valence-corrected chi connectivity index (χ0v) is 12.1. The molecule has 0 saturated carbocycles. The van der Waals surface area contributed by atoms with Crippen molar-refractivity contribution < 1.29 is 9.59 Å². The summed E-state index contributed by atoms with van der Waals surface area (Å²) in [5, 5.41) is 3.71. The Morgan fingerprint density at radius 3 is 2.55 bits per heavy atom. The molecule has 6 heteroatoms. The van der Waals surface area contributed by atoms with Crippen LogP contribution in [-0.2, 0) is 4.79 Å². The van der Waals surface area contributed by atoms with E-state index in [-0.39, 0.29) is 11.9 Å². The number of likely N-dealkylation sites (tertiary alicyclic amines) is 1. The van der Waals surface area contributed by atoms with Crippen LogP contribution in [0.3, 0.4) is 0 Å². The summed E-state index contributed by atoms with van der Waals surface area (Å²) in [7, 11) is 0. The van der Waals surface area contributed by atoms with Gasteiger partial charge in [0, 0.05) is 31.7 Å². The smallest absolute Gasteiger partial charge is 0.250 e. The van der Waals surface area contributed by atoms with Crippen LogP contribution in [0.25, 0.3) is 0 Å². The maximum Gasteiger partial charge on any atom is 0.250 e. The third kappa shape index (κ3) is 3.42. The minimum Gasteiger partial charge on any atom is -0.382 e. The SMILES string of the molecule is CC(=O)N1CCC(Nc2ccc(Cl)c(C(N)=O)c2)CC1. The largest absolute Gasteiger partial charge is 0.382 e. The van der Waals surface area contributed by atoms with Gasteiger partial charge in [0.2, 0.25) is 11.8 Å². The number of benzene rings is 1. The molecule has 1 heterocycles. The molecule has 20 heavy (non-hydrogen) atoms. The molecule has 0 atom stereocenters. The van der Waals surface area contributed by atoms with E-state index in [0.717, 1.165) is 31.6 Å². The van der Waals surface area contributed by atoms with Gasteiger partial charge in [-0.1, -0.05) is 11.6 Å². The van der Waals surface area contributed by atoms with Crippen molar-refractivity contribution in [3.8, 4) is 0 Å². The molecule has 2 amide bonds. The number of hydrogen-bond donors (Lipinski definition) is 2. The van der Waals surface area contributed by atoms with E-state index in [0.29, 0.717) is 10.6 Å². The molecule has 108 valence electrons. The fourth-order valence-corrected chi connectivity index (χ4v) is 2.59. The summed E-state index contributed by atoms with van der Waals surface area (Å²) >= 11 is 5.92. The van der Waals surface area contributed by atoms with Crippen LogP contribution in [0.15, 0.2) is 18.2 Å². The van der Waals surface area contributed by atoms with Crippen molar-refractivity contribution in [3.63, 3.8) is 0 Å². The van der Waals surface area contributed by atoms with E-state index in [1.54, 1.807) is 19.1 Å². The molecular formula is C14H18ClN3O2. The van der Waals surface area contributed by atoms with Crippen LogP contribution in [0.4, 0.5) is 5.69 Å². The normalized spacial score (nSPS) is 16.0. The molecule has 0 spiro atoms. The highest BCUT2D eigenvalue weighted by molar-refractivity contribution is 6.33. The van der Waals surface area contributed by atoms with Crippen LogP contribution >= 0.6 is 11.6 Å². The molecule has 5 nitrogen and oxygen atoms in total. The number of rotatable bonds is 3. The minimum atomic E-state index is -0.537. The Bertz CT molecular complexity index is 525. The molecule has 2 rings (SSSR count). The molecule has 0 aromatic heterocycles. The van der Waals surface area contributed by atoms with Crippen LogP contribution in [0, 0.1) is 0 Å². The van der Waals surface area contributed by atoms with Gasteiger partial charge in [-0.25, -0.2) is 0 Å². The second kappa shape index (κ2) is 6.13. The number of nitrogens with two attached hydrogens (primary N) is 1. The van der Waals surface area contributed by atoms with E-state index in [4.69, 9.17) is 17.3 Å². The second-order valence-electron chi connectivity index (χ2n) is 4.98. The standard InChI is InChI=1S/C14H18ClN3O2/c1-9(19)18-6-4-10(5-7-18)17-11-2-3-13(15)12(8-11)14(16)20/h2-3,8,10,17H,4-7H2,1H3,(H2,16,20). The predicted octanol–water partition coefficient (Wildman–Crippen LogP) is 1.86. The van der Waals surface area contributed by atoms with E-state index >= 15 is 0 Å². The quantitative estimate of drug-likeness (QED) is 0.894. The van der Waals surface area contributed by atoms with Crippen molar-refractivity contribution in [2.45, 2.75) is 25.8 Å². The summed E-state index contributed by atoms with van der Waals surface area (Å²) in [6.45, 7) is 3.10. The van der Waals surface area contributed by atoms with Crippen LogP contribution in [-0.4, -0.2) is 35.8 Å². The first-order valence-corrected chi connectivity index (χ1v) is 6.96. The van der Waals surface area contributed by atoms with Gasteiger partial charge in [0.05, 0.1) is 10.6 Å². The van der Waals surface area contributed by atoms with Gasteiger partial charge >= 0.3 is 0 Å². The average molecular weight is 296 g/mol. The first-order chi connectivity index (χ1) is 9.47. The summed E-state index contributed by atoms with van der Waals surface area (Å²) in [5.41, 5.74) is 6.41. The summed E-state index contributed by atoms with van der Waals surface area (Å²) < 4.78 is 0. The average Bonchev–Trinajstić information content (AvgIpc) is 2.41. The number of carbonyl (C=O) groups is 2. The molecule has 1 aliphatic rings. The lowest BCUT2D eigenvalue weighted by Gasteiger charge is -2.32. The first kappa shape index (κ1) is 14.7. The fourth-order valence-electron chi connectivity index (χ4n) is 2.38. The topological polar surface area (TPSA) is 75.4 Å². The van der Waals surface area contributed by atoms with Crippen LogP contribution in [0.2, 0.25) is 5.02 Å². The van der Waals surface area contributed by atoms with Crippen LogP contribution in [0.1, 0.15) is 30.1 Å². The van der Waals surface area contributed by atoms with Crippen molar-refractivity contribution >= 4 is 29.1 Å². The number of piperidine rings is 1. The highest BCUT2D eigenvalue weighted by Gasteiger charge is 2.20. The van der Waals surface area contributed by atoms with Crippen molar-refractivity contribution in [1.29, 1.82) is 0 Å². The number of primary amides is 1. The lowest BCUT2D eigenvalue weighted by molar-refractivity contribution is -0.129. The van der Waals surface area contributed by atoms with Gasteiger partial charge in [-0.3, -0.25) is 9.59 Å². The summed E-state index contributed by atoms with van der Waals surface area (Å²) in [4.78, 5) is 24.4. The Morgan fingerprint density at radius 1 is 1.35 bits per heavy atom. The van der Waals surface area contributed by atoms with Crippen molar-refractivity contribution in [2.75, 3.05) is 18.4 Å². The van der Waals surface area contributed by atoms with E-state index in [9.17, 15) is 9.59 Å². The third-order valence-electron chi connectivity index (χ3n) is 3.54. The van der Waals surface area contributed by atoms with Gasteiger partial charge in [0.25, 0.3) is 0 Å². The van der Waals surface area contributed by atoms with Crippen LogP contribution in [0.5, 0.6) is 0 Å². The molecule has 1 saturated heterocycles. The molecule has 3 N–H and O–H groups in total. The Morgan fingerprint density at radius 2 is 2.00 bits per heavy atom. The van der Waals surface area contributed by atoms with Crippen LogP contribution < -0.4 is 11.1 Å². The number of amides is 2. The zero-order chi connectivity index (χ0) is 14.7. The molecule has 0 unspecified atom stereocenters. The van der Waals surface area contributed by atoms with Gasteiger partial charge in [0.1, 0.15) is 0 Å². The maximum absolute atomic E-state index is 11.3. The second-order valence-corrected chi connectivity index (χ2v) is 5.39. The Hall–Kier alpha value is -1.75. The molecular weight excluding hydrogens is 278 g/mol. The third-order valence-corrected chi connectivity index (χ3v) is 3.87. The molecule has 1 aromatic rings. The Kier molecular flexibility index (Phi) is 4.49. The summed E-state index contributed by atoms with van der Waals surface area (Å²) in [5.74, 6) is -0.420. The maximum atomic E-state index is 11.3. The Balaban J connectivity index is 1.99. The zero-order valence-electron chi connectivity index (χ0n) is 11.4. The number of carbonyl (C=O) groups excluding carboxylic acids is 2. The van der Waals surface area contributed by atoms with Gasteiger partial charge < -0.3 is 16.0 Å². The van der Waals surface area contributed by atoms with E-state index in [1.807, 2.05) is 11.0 Å². The fraction of sp³-hybridized carbons (Fsp3) is 0.429. The molecule has 0 radical (unpaired) electrons. The van der Waals surface area contributed by atoms with Crippen molar-refractivity contribution in [1.82, 2.24) is 4.90 Å². The summed E-state index contributed by atoms with van der Waals surface area (Å²) in [6.07, 6.45) is 1.77. The van der Waals surface area contributed by atoms with Gasteiger partial charge in [-0.2, -0.15) is 0 Å². The first-order valence-electron chi connectivity index (χ1n) is 6.59. The Labute approximate surface area is 123 Å². The molecule has 0 bridgehead atoms. The van der Waals surface area contributed by atoms with E-state index in [2.05, 4.69) is 5.32 Å². The molecule has 1 aliphatic heterocycles.